The maximum Gasteiger partial charge on any atom is 0.345 e. The summed E-state index contributed by atoms with van der Waals surface area (Å²) < 4.78 is 68.9. The number of piperazine rings is 1. The Morgan fingerprint density at radius 3 is 2.24 bits per heavy atom. The molecule has 1 saturated carbocycles. The summed E-state index contributed by atoms with van der Waals surface area (Å²) >= 11 is 16.1. The van der Waals surface area contributed by atoms with Gasteiger partial charge in [-0.1, -0.05) is 48.2 Å². The number of methoxy groups -OCH3 is 1. The fraction of sp³-hybridized carbons (Fsp3) is 0.500. The van der Waals surface area contributed by atoms with Crippen molar-refractivity contribution in [2.24, 2.45) is 5.92 Å². The zero-order valence-corrected chi connectivity index (χ0v) is 47.5. The molecule has 0 spiro atoms. The Morgan fingerprint density at radius 1 is 0.835 bits per heavy atom. The molecule has 10 rings (SSSR count). The second-order valence-electron chi connectivity index (χ2n) is 20.1. The number of ether oxygens (including phenoxy) is 9. The first kappa shape index (κ1) is 58.3. The van der Waals surface area contributed by atoms with E-state index in [1.807, 2.05) is 19.9 Å². The van der Waals surface area contributed by atoms with Crippen molar-refractivity contribution in [3.05, 3.63) is 105 Å². The van der Waals surface area contributed by atoms with E-state index in [9.17, 15) is 14.3 Å². The summed E-state index contributed by atoms with van der Waals surface area (Å²) in [5, 5.41) is 12.0. The summed E-state index contributed by atoms with van der Waals surface area (Å²) in [6.45, 7) is 12.5. The minimum Gasteiger partial charge on any atom is -0.490 e. The number of thiophene rings is 1. The topological polar surface area (TPSA) is 178 Å². The molecular formula is C58H69Cl2FN6O11S. The third kappa shape index (κ3) is 15.0. The fourth-order valence-electron chi connectivity index (χ4n) is 10.3. The maximum absolute atomic E-state index is 14.5. The number of halogens is 3. The highest BCUT2D eigenvalue weighted by atomic mass is 35.5. The number of aliphatic carboxylic acids is 1. The quantitative estimate of drug-likeness (QED) is 0.0634. The van der Waals surface area contributed by atoms with E-state index in [2.05, 4.69) is 26.8 Å². The highest BCUT2D eigenvalue weighted by molar-refractivity contribution is 7.22. The van der Waals surface area contributed by atoms with Crippen molar-refractivity contribution in [1.82, 2.24) is 29.7 Å². The van der Waals surface area contributed by atoms with Gasteiger partial charge in [0, 0.05) is 74.4 Å². The molecule has 1 aliphatic carbocycles. The van der Waals surface area contributed by atoms with E-state index >= 15 is 0 Å². The van der Waals surface area contributed by atoms with Crippen LogP contribution in [0.1, 0.15) is 59.8 Å². The second-order valence-corrected chi connectivity index (χ2v) is 21.8. The number of nitrogens with zero attached hydrogens (tertiary/aromatic N) is 6. The van der Waals surface area contributed by atoms with Crippen LogP contribution in [0.5, 0.6) is 23.1 Å². The third-order valence-electron chi connectivity index (χ3n) is 14.6. The number of aromatic nitrogens is 4. The lowest BCUT2D eigenvalue weighted by atomic mass is 9.79. The second kappa shape index (κ2) is 28.4. The fourth-order valence-corrected chi connectivity index (χ4v) is 12.0. The minimum atomic E-state index is -1.47. The van der Waals surface area contributed by atoms with Gasteiger partial charge in [0.2, 0.25) is 12.0 Å². The predicted molar refractivity (Wildman–Crippen MR) is 300 cm³/mol. The van der Waals surface area contributed by atoms with Crippen molar-refractivity contribution in [2.75, 3.05) is 113 Å². The number of fused-ring (bicyclic) bond motifs is 7. The Bertz CT molecular complexity index is 2960. The van der Waals surface area contributed by atoms with Crippen LogP contribution >= 0.6 is 34.5 Å². The number of carbonyl (C=O) groups is 1. The molecule has 3 aliphatic heterocycles. The van der Waals surface area contributed by atoms with Gasteiger partial charge in [-0.25, -0.2) is 29.1 Å². The van der Waals surface area contributed by atoms with Crippen LogP contribution in [0.15, 0.2) is 61.1 Å². The first-order valence-electron chi connectivity index (χ1n) is 26.9. The Labute approximate surface area is 474 Å². The van der Waals surface area contributed by atoms with Gasteiger partial charge in [0.1, 0.15) is 53.6 Å². The molecule has 0 unspecified atom stereocenters. The first-order chi connectivity index (χ1) is 38.4. The number of carboxylic acids is 1. The van der Waals surface area contributed by atoms with Crippen LogP contribution < -0.4 is 18.9 Å². The summed E-state index contributed by atoms with van der Waals surface area (Å²) in [5.74, 6) is 0.667. The molecule has 79 heavy (non-hydrogen) atoms. The molecule has 0 radical (unpaired) electrons. The summed E-state index contributed by atoms with van der Waals surface area (Å²) in [7, 11) is 3.75. The molecule has 424 valence electrons. The van der Waals surface area contributed by atoms with Crippen LogP contribution in [0.25, 0.3) is 31.8 Å². The molecule has 0 amide bonds. The molecule has 2 fully saturated rings. The van der Waals surface area contributed by atoms with Gasteiger partial charge in [-0.05, 0) is 98.3 Å². The lowest BCUT2D eigenvalue weighted by Crippen LogP contribution is -2.49. The monoisotopic (exact) mass is 1150 g/mol. The van der Waals surface area contributed by atoms with Gasteiger partial charge in [-0.3, -0.25) is 4.90 Å². The van der Waals surface area contributed by atoms with Crippen LogP contribution in [-0.2, 0) is 41.5 Å². The van der Waals surface area contributed by atoms with Crippen LogP contribution in [0.4, 0.5) is 4.39 Å². The average molecular weight is 1150 g/mol. The molecular weight excluding hydrogens is 1080 g/mol. The highest BCUT2D eigenvalue weighted by Gasteiger charge is 2.33. The summed E-state index contributed by atoms with van der Waals surface area (Å²) in [6, 6.07) is 13.3. The van der Waals surface area contributed by atoms with Gasteiger partial charge in [0.05, 0.1) is 80.6 Å². The normalized spacial score (nSPS) is 19.2. The zero-order chi connectivity index (χ0) is 55.3. The lowest BCUT2D eigenvalue weighted by molar-refractivity contribution is -0.145. The smallest absolute Gasteiger partial charge is 0.345 e. The first-order valence-corrected chi connectivity index (χ1v) is 28.5. The Morgan fingerprint density at radius 2 is 1.53 bits per heavy atom. The standard InChI is InChI=1S/C58H69Cl2FN6O11S/c1-36-48-37(2)52(60)53(51(36)59)77-44(31-67-19-17-66(3)18-20-67)34-75-43-13-14-46(40(29-43)30-47(58(68)69)78-56-50-49(48)54(79-57(50)64-35-63-56)38-9-11-41(61)12-10-38)76-33-42-15-16-62-55(65-42)45-8-6-5-7-39(45)32-74-28-27-73-26-25-72-24-23-71-22-21-70-4/h9-16,29,35,39,44-45,47H,5-8,17-28,30-34H2,1-4H3,(H,68,69)/t39-,44+,45+,47+/m0/s1. The molecule has 21 heteroatoms. The Balaban J connectivity index is 0.978. The van der Waals surface area contributed by atoms with Crippen molar-refractivity contribution in [2.45, 2.75) is 70.7 Å². The number of carboxylic acid groups (broad SMARTS) is 1. The van der Waals surface area contributed by atoms with Crippen LogP contribution in [0, 0.1) is 25.6 Å². The van der Waals surface area contributed by atoms with Gasteiger partial charge < -0.3 is 52.6 Å². The van der Waals surface area contributed by atoms with E-state index < -0.39 is 24.0 Å². The molecule has 6 aromatic rings. The molecule has 17 nitrogen and oxygen atoms in total. The van der Waals surface area contributed by atoms with E-state index in [1.165, 1.54) is 29.8 Å². The molecule has 4 atom stereocenters. The average Bonchev–Trinajstić information content (AvgIpc) is 4.11. The van der Waals surface area contributed by atoms with E-state index in [0.29, 0.717) is 147 Å². The predicted octanol–water partition coefficient (Wildman–Crippen LogP) is 9.91. The van der Waals surface area contributed by atoms with Gasteiger partial charge in [-0.15, -0.1) is 11.3 Å². The van der Waals surface area contributed by atoms with Crippen molar-refractivity contribution in [3.8, 4) is 44.7 Å². The largest absolute Gasteiger partial charge is 0.490 e. The van der Waals surface area contributed by atoms with E-state index in [4.69, 9.17) is 75.8 Å². The maximum atomic E-state index is 14.5. The highest BCUT2D eigenvalue weighted by Crippen LogP contribution is 2.53. The van der Waals surface area contributed by atoms with Crippen LogP contribution in [0.3, 0.4) is 0 Å². The number of likely N-dealkylation sites (N-methyl/N-ethyl adjacent to an activating group) is 1. The van der Waals surface area contributed by atoms with Crippen LogP contribution in [0.2, 0.25) is 10.0 Å². The minimum absolute atomic E-state index is 0.0283. The molecule has 3 aromatic heterocycles. The van der Waals surface area contributed by atoms with Crippen molar-refractivity contribution in [1.29, 1.82) is 0 Å². The third-order valence-corrected chi connectivity index (χ3v) is 16.6. The molecule has 3 aromatic carbocycles. The Hall–Kier alpha value is -5.32. The lowest BCUT2D eigenvalue weighted by Gasteiger charge is -2.35. The van der Waals surface area contributed by atoms with E-state index in [0.717, 1.165) is 57.7 Å². The molecule has 4 aliphatic rings. The van der Waals surface area contributed by atoms with Gasteiger partial charge in [0.15, 0.2) is 5.75 Å². The Kier molecular flexibility index (Phi) is 21.0. The summed E-state index contributed by atoms with van der Waals surface area (Å²) in [4.78, 5) is 38.4. The summed E-state index contributed by atoms with van der Waals surface area (Å²) in [6.07, 6.45) is 5.05. The number of rotatable bonds is 22. The summed E-state index contributed by atoms with van der Waals surface area (Å²) in [5.41, 5.74) is 4.44. The van der Waals surface area contributed by atoms with Crippen molar-refractivity contribution < 1.29 is 56.9 Å². The molecule has 6 heterocycles. The molecule has 4 bridgehead atoms. The molecule has 1 saturated heterocycles. The SMILES string of the molecule is COCCOCCOCCOCCOC[C@@H]1CCCC[C@H]1c1nccc(COc2ccc3cc2C[C@H](C(=O)O)Oc2ncnc4sc(-c5ccc(F)cc5)c(c24)-c2c(C)c(Cl)c(c(Cl)c2C)O[C@H](CN2CCN(C)CC2)CO3)n1. The number of benzene rings is 3. The van der Waals surface area contributed by atoms with Crippen molar-refractivity contribution >= 4 is 50.7 Å². The van der Waals surface area contributed by atoms with Gasteiger partial charge in [0.25, 0.3) is 0 Å². The number of hydrogen-bond acceptors (Lipinski definition) is 17. The van der Waals surface area contributed by atoms with Crippen LogP contribution in [-0.4, -0.2) is 166 Å². The van der Waals surface area contributed by atoms with Crippen molar-refractivity contribution in [3.63, 3.8) is 0 Å². The van der Waals surface area contributed by atoms with Gasteiger partial charge in [-0.2, -0.15) is 0 Å². The van der Waals surface area contributed by atoms with E-state index in [1.54, 1.807) is 43.6 Å². The van der Waals surface area contributed by atoms with Gasteiger partial charge >= 0.3 is 5.97 Å². The number of hydrogen-bond donors (Lipinski definition) is 1. The zero-order valence-electron chi connectivity index (χ0n) is 45.2. The van der Waals surface area contributed by atoms with E-state index in [-0.39, 0.29) is 37.4 Å². The molecule has 1 N–H and O–H groups in total.